The number of ether oxygens (including phenoxy) is 1. The molecule has 3 aliphatic heterocycles. The number of nitrogens with zero attached hydrogens (tertiary/aromatic N) is 2. The molecule has 2 aliphatic carbocycles. The quantitative estimate of drug-likeness (QED) is 0.312. The van der Waals surface area contributed by atoms with E-state index in [1.54, 1.807) is 20.8 Å². The van der Waals surface area contributed by atoms with Crippen LogP contribution in [0.25, 0.3) is 10.9 Å². The molecule has 1 aromatic heterocycles. The first kappa shape index (κ1) is 39.1. The summed E-state index contributed by atoms with van der Waals surface area (Å²) in [4.78, 5) is 63.4. The molecule has 2 aromatic rings. The Morgan fingerprint density at radius 1 is 0.982 bits per heavy atom. The predicted octanol–water partition coefficient (Wildman–Crippen LogP) is 4.85. The van der Waals surface area contributed by atoms with Gasteiger partial charge in [0.05, 0.1) is 22.5 Å². The third-order valence-electron chi connectivity index (χ3n) is 12.9. The van der Waals surface area contributed by atoms with E-state index in [0.717, 1.165) is 55.0 Å². The Labute approximate surface area is 324 Å². The maximum Gasteiger partial charge on any atom is 0.315 e. The summed E-state index contributed by atoms with van der Waals surface area (Å²) in [5.74, 6) is -1.77. The number of sulfonamides is 1. The second-order valence-corrected chi connectivity index (χ2v) is 19.3. The van der Waals surface area contributed by atoms with Crippen molar-refractivity contribution in [1.29, 1.82) is 0 Å². The number of aryl methyl sites for hydroxylation is 2. The van der Waals surface area contributed by atoms with Gasteiger partial charge in [-0.2, -0.15) is 0 Å². The van der Waals surface area contributed by atoms with Gasteiger partial charge in [-0.15, -0.1) is 0 Å². The normalized spacial score (nSPS) is 30.6. The molecule has 13 nitrogen and oxygen atoms in total. The Kier molecular flexibility index (Phi) is 10.7. The van der Waals surface area contributed by atoms with Crippen molar-refractivity contribution in [2.45, 2.75) is 152 Å². The molecule has 14 heteroatoms. The minimum atomic E-state index is -4.02. The Balaban J connectivity index is 1.23. The molecule has 0 radical (unpaired) electrons. The molecule has 4 N–H and O–H groups in total. The predicted molar refractivity (Wildman–Crippen MR) is 209 cm³/mol. The molecule has 0 bridgehead atoms. The number of carbonyl (C=O) groups is 4. The first-order valence-corrected chi connectivity index (χ1v) is 21.6. The van der Waals surface area contributed by atoms with Crippen LogP contribution in [-0.4, -0.2) is 82.6 Å². The summed E-state index contributed by atoms with van der Waals surface area (Å²) < 4.78 is 34.7. The molecule has 1 aromatic carbocycles. The molecule has 3 fully saturated rings. The molecule has 5 amide bonds. The van der Waals surface area contributed by atoms with Crippen LogP contribution in [0.4, 0.5) is 4.79 Å². The van der Waals surface area contributed by atoms with Crippen molar-refractivity contribution in [2.75, 3.05) is 6.54 Å². The summed E-state index contributed by atoms with van der Waals surface area (Å²) in [5.41, 5.74) is -0.0147. The number of pyridine rings is 1. The maximum absolute atomic E-state index is 14.8. The van der Waals surface area contributed by atoms with Crippen molar-refractivity contribution in [2.24, 2.45) is 5.92 Å². The van der Waals surface area contributed by atoms with Gasteiger partial charge in [-0.05, 0) is 84.6 Å². The first-order valence-electron chi connectivity index (χ1n) is 20.1. The highest BCUT2D eigenvalue weighted by atomic mass is 32.2. The number of aromatic nitrogens is 1. The van der Waals surface area contributed by atoms with Crippen LogP contribution in [0.15, 0.2) is 36.4 Å². The molecular formula is C41H56N6O7S. The number of hydrogen-bond donors (Lipinski definition) is 4. The molecule has 1 spiro atoms. The zero-order valence-electron chi connectivity index (χ0n) is 32.5. The van der Waals surface area contributed by atoms with Gasteiger partial charge in [-0.3, -0.25) is 19.1 Å². The van der Waals surface area contributed by atoms with E-state index in [-0.39, 0.29) is 19.0 Å². The summed E-state index contributed by atoms with van der Waals surface area (Å²) >= 11 is 0. The second-order valence-electron chi connectivity index (χ2n) is 17.1. The molecule has 7 rings (SSSR count). The van der Waals surface area contributed by atoms with E-state index in [0.29, 0.717) is 56.4 Å². The Hall–Kier alpha value is -4.20. The molecule has 1 saturated heterocycles. The molecule has 4 heterocycles. The molecule has 55 heavy (non-hydrogen) atoms. The number of para-hydroxylation sites is 1. The number of urea groups is 1. The van der Waals surface area contributed by atoms with E-state index < -0.39 is 67.7 Å². The fourth-order valence-corrected chi connectivity index (χ4v) is 10.1. The molecule has 0 unspecified atom stereocenters. The summed E-state index contributed by atoms with van der Waals surface area (Å²) in [7, 11) is -4.02. The van der Waals surface area contributed by atoms with Gasteiger partial charge < -0.3 is 25.6 Å². The van der Waals surface area contributed by atoms with Gasteiger partial charge in [0.15, 0.2) is 0 Å². The van der Waals surface area contributed by atoms with Crippen LogP contribution in [0.3, 0.4) is 0 Å². The lowest BCUT2D eigenvalue weighted by Gasteiger charge is -2.36. The third kappa shape index (κ3) is 7.80. The van der Waals surface area contributed by atoms with E-state index in [1.165, 1.54) is 4.90 Å². The number of hydrogen-bond acceptors (Lipinski definition) is 8. The van der Waals surface area contributed by atoms with Crippen LogP contribution >= 0.6 is 0 Å². The van der Waals surface area contributed by atoms with Crippen molar-refractivity contribution in [3.05, 3.63) is 47.7 Å². The largest absolute Gasteiger partial charge is 0.483 e. The molecule has 5 aliphatic rings. The average molecular weight is 777 g/mol. The number of rotatable bonds is 5. The lowest BCUT2D eigenvalue weighted by molar-refractivity contribution is -0.142. The highest BCUT2D eigenvalue weighted by Crippen LogP contribution is 2.45. The van der Waals surface area contributed by atoms with Crippen molar-refractivity contribution in [3.8, 4) is 5.75 Å². The van der Waals surface area contributed by atoms with Crippen LogP contribution in [-0.2, 0) is 30.8 Å². The summed E-state index contributed by atoms with van der Waals surface area (Å²) in [6.07, 6.45) is 13.2. The maximum atomic E-state index is 14.8. The highest BCUT2D eigenvalue weighted by Gasteiger charge is 2.56. The van der Waals surface area contributed by atoms with Gasteiger partial charge in [0.25, 0.3) is 5.91 Å². The van der Waals surface area contributed by atoms with E-state index in [9.17, 15) is 27.6 Å². The fraction of sp³-hybridized carbons (Fsp3) is 0.634. The minimum Gasteiger partial charge on any atom is -0.483 e. The monoisotopic (exact) mass is 776 g/mol. The van der Waals surface area contributed by atoms with Gasteiger partial charge >= 0.3 is 6.03 Å². The van der Waals surface area contributed by atoms with E-state index in [2.05, 4.69) is 20.7 Å². The zero-order chi connectivity index (χ0) is 39.2. The van der Waals surface area contributed by atoms with Gasteiger partial charge in [-0.1, -0.05) is 63.0 Å². The van der Waals surface area contributed by atoms with Crippen LogP contribution in [0.1, 0.15) is 115 Å². The second kappa shape index (κ2) is 15.0. The smallest absolute Gasteiger partial charge is 0.315 e. The van der Waals surface area contributed by atoms with Crippen molar-refractivity contribution >= 4 is 44.7 Å². The van der Waals surface area contributed by atoms with Gasteiger partial charge in [0.2, 0.25) is 21.8 Å². The number of fused-ring (bicyclic) bond motifs is 4. The number of allylic oxidation sites excluding steroid dienone is 1. The summed E-state index contributed by atoms with van der Waals surface area (Å²) in [6, 6.07) is 5.59. The average Bonchev–Trinajstić information content (AvgIpc) is 3.53. The lowest BCUT2D eigenvalue weighted by Crippen LogP contribution is -2.64. The Morgan fingerprint density at radius 2 is 1.71 bits per heavy atom. The zero-order valence-corrected chi connectivity index (χ0v) is 33.4. The van der Waals surface area contributed by atoms with E-state index in [4.69, 9.17) is 9.72 Å². The molecule has 2 saturated carbocycles. The van der Waals surface area contributed by atoms with Gasteiger partial charge in [0, 0.05) is 29.3 Å². The lowest BCUT2D eigenvalue weighted by atomic mass is 9.84. The molecule has 5 atom stereocenters. The highest BCUT2D eigenvalue weighted by molar-refractivity contribution is 7.91. The SMILES string of the molecule is Cc1nc2ccccc2c2c1O[C@]1(CC2)C[C@H]2C(=O)N[C@@](C)(C(=O)NS(=O)(=O)C3(C)CC3)[C@@H](C)/C=C\CCCCC[C@H](NC(=O)NC3CCCC3)C(=O)N2C1. The van der Waals surface area contributed by atoms with E-state index >= 15 is 0 Å². The van der Waals surface area contributed by atoms with Crippen LogP contribution < -0.4 is 25.4 Å². The minimum absolute atomic E-state index is 0.0542. The van der Waals surface area contributed by atoms with Gasteiger partial charge in [0.1, 0.15) is 29.0 Å². The van der Waals surface area contributed by atoms with Crippen LogP contribution in [0.5, 0.6) is 5.75 Å². The first-order chi connectivity index (χ1) is 26.1. The van der Waals surface area contributed by atoms with E-state index in [1.807, 2.05) is 43.3 Å². The van der Waals surface area contributed by atoms with Crippen LogP contribution in [0, 0.1) is 12.8 Å². The standard InChI is InChI=1S/C41H56N6O7S/c1-26-14-8-6-5-7-9-19-32(44-38(51)43-28-15-10-11-16-28)36(49)47-25-41(21-20-30-29-17-12-13-18-31(29)42-27(2)34(30)54-41)24-33(47)35(48)45-40(26,4)37(50)46-55(52,53)39(3)22-23-39/h8,12-14,17-18,26,28,32-33H,5-7,9-11,15-16,19-25H2,1-4H3,(H,45,48)(H,46,50)(H2,43,44,51)/b14-8-/t26-,32-,33-,40+,41+/m0/s1. The van der Waals surface area contributed by atoms with Crippen LogP contribution in [0.2, 0.25) is 0 Å². The Bertz CT molecular complexity index is 1990. The van der Waals surface area contributed by atoms with Gasteiger partial charge in [-0.25, -0.2) is 18.2 Å². The number of carbonyl (C=O) groups excluding carboxylic acids is 4. The third-order valence-corrected chi connectivity index (χ3v) is 15.1. The van der Waals surface area contributed by atoms with Crippen molar-refractivity contribution in [1.82, 2.24) is 30.6 Å². The Morgan fingerprint density at radius 3 is 2.45 bits per heavy atom. The topological polar surface area (TPSA) is 176 Å². The van der Waals surface area contributed by atoms with Crippen molar-refractivity contribution < 1.29 is 32.3 Å². The van der Waals surface area contributed by atoms with Crippen molar-refractivity contribution in [3.63, 3.8) is 0 Å². The summed E-state index contributed by atoms with van der Waals surface area (Å²) in [5, 5.41) is 9.96. The number of amides is 5. The molecular weight excluding hydrogens is 721 g/mol. The number of nitrogens with one attached hydrogen (secondary N) is 4. The summed E-state index contributed by atoms with van der Waals surface area (Å²) in [6.45, 7) is 6.91. The number of benzene rings is 1. The molecule has 298 valence electrons. The fourth-order valence-electron chi connectivity index (χ4n) is 8.78.